The van der Waals surface area contributed by atoms with Crippen molar-refractivity contribution in [3.8, 4) is 5.75 Å². The smallest absolute Gasteiger partial charge is 0.242 e. The Kier molecular flexibility index (Phi) is 8.10. The van der Waals surface area contributed by atoms with Gasteiger partial charge in [-0.15, -0.1) is 0 Å². The van der Waals surface area contributed by atoms with Crippen molar-refractivity contribution in [2.24, 2.45) is 0 Å². The molecule has 3 aromatic rings. The third kappa shape index (κ3) is 6.82. The lowest BCUT2D eigenvalue weighted by Crippen LogP contribution is -2.45. The van der Waals surface area contributed by atoms with Gasteiger partial charge >= 0.3 is 0 Å². The van der Waals surface area contributed by atoms with Crippen molar-refractivity contribution in [2.75, 3.05) is 25.1 Å². The Bertz CT molecular complexity index is 1200. The van der Waals surface area contributed by atoms with Gasteiger partial charge in [-0.1, -0.05) is 17.7 Å². The molecule has 1 heterocycles. The van der Waals surface area contributed by atoms with Crippen molar-refractivity contribution < 1.29 is 27.2 Å². The van der Waals surface area contributed by atoms with E-state index < -0.39 is 28.4 Å². The molecule has 0 bridgehead atoms. The highest BCUT2D eigenvalue weighted by atomic mass is 35.5. The average molecular weight is 492 g/mol. The van der Waals surface area contributed by atoms with Crippen LogP contribution in [0, 0.1) is 0 Å². The first-order valence-corrected chi connectivity index (χ1v) is 11.6. The van der Waals surface area contributed by atoms with Crippen molar-refractivity contribution in [2.45, 2.75) is 11.4 Å². The van der Waals surface area contributed by atoms with Gasteiger partial charge in [0.25, 0.3) is 0 Å². The zero-order chi connectivity index (χ0) is 23.8. The van der Waals surface area contributed by atoms with Gasteiger partial charge < -0.3 is 19.4 Å². The van der Waals surface area contributed by atoms with E-state index in [1.165, 1.54) is 42.5 Å². The van der Waals surface area contributed by atoms with Crippen LogP contribution in [0.3, 0.4) is 0 Å². The number of sulfonamides is 1. The summed E-state index contributed by atoms with van der Waals surface area (Å²) in [7, 11) is -2.49. The van der Waals surface area contributed by atoms with Crippen molar-refractivity contribution in [1.82, 2.24) is 10.0 Å². The summed E-state index contributed by atoms with van der Waals surface area (Å²) < 4.78 is 37.7. The minimum absolute atomic E-state index is 0.0381. The standard InChI is InChI=1S/C22H22ClN3O6S/c1-31-18-5-2-4-17(12-18)26(15-21(27)24-13-19-6-3-11-32-19)22(28)14-25-33(29,30)20-9-7-16(23)8-10-20/h2-12,25H,13-15H2,1H3,(H,24,27). The second-order valence-corrected chi connectivity index (χ2v) is 9.02. The van der Waals surface area contributed by atoms with Crippen molar-refractivity contribution in [3.63, 3.8) is 0 Å². The van der Waals surface area contributed by atoms with E-state index in [0.717, 1.165) is 0 Å². The van der Waals surface area contributed by atoms with Gasteiger partial charge in [-0.2, -0.15) is 0 Å². The van der Waals surface area contributed by atoms with E-state index >= 15 is 0 Å². The normalized spacial score (nSPS) is 11.1. The molecule has 0 saturated carbocycles. The second-order valence-electron chi connectivity index (χ2n) is 6.82. The number of furan rings is 1. The van der Waals surface area contributed by atoms with Crippen molar-refractivity contribution >= 4 is 39.1 Å². The van der Waals surface area contributed by atoms with Gasteiger partial charge in [-0.25, -0.2) is 13.1 Å². The second kappa shape index (κ2) is 11.0. The quantitative estimate of drug-likeness (QED) is 0.450. The maximum atomic E-state index is 13.0. The topological polar surface area (TPSA) is 118 Å². The number of carbonyl (C=O) groups excluding carboxylic acids is 2. The van der Waals surface area contributed by atoms with Crippen molar-refractivity contribution in [1.29, 1.82) is 0 Å². The number of hydrogen-bond donors (Lipinski definition) is 2. The molecule has 0 unspecified atom stereocenters. The van der Waals surface area contributed by atoms with E-state index in [2.05, 4.69) is 10.0 Å². The van der Waals surface area contributed by atoms with Gasteiger partial charge in [-0.3, -0.25) is 9.59 Å². The van der Waals surface area contributed by atoms with Crippen molar-refractivity contribution in [3.05, 3.63) is 77.7 Å². The summed E-state index contributed by atoms with van der Waals surface area (Å²) in [4.78, 5) is 26.6. The van der Waals surface area contributed by atoms with E-state index in [1.807, 2.05) is 0 Å². The molecule has 0 radical (unpaired) electrons. The lowest BCUT2D eigenvalue weighted by Gasteiger charge is -2.23. The predicted octanol–water partition coefficient (Wildman–Crippen LogP) is 2.57. The molecule has 1 aromatic heterocycles. The molecular formula is C22H22ClN3O6S. The molecular weight excluding hydrogens is 470 g/mol. The summed E-state index contributed by atoms with van der Waals surface area (Å²) in [5.74, 6) is -0.0570. The molecule has 0 aliphatic heterocycles. The van der Waals surface area contributed by atoms with Gasteiger partial charge in [0.15, 0.2) is 0 Å². The van der Waals surface area contributed by atoms with E-state index in [1.54, 1.807) is 36.4 Å². The molecule has 0 fully saturated rings. The summed E-state index contributed by atoms with van der Waals surface area (Å²) in [6, 6.07) is 15.5. The number of rotatable bonds is 10. The van der Waals surface area contributed by atoms with Crippen LogP contribution in [0.1, 0.15) is 5.76 Å². The summed E-state index contributed by atoms with van der Waals surface area (Å²) in [6.45, 7) is -0.752. The molecule has 174 valence electrons. The van der Waals surface area contributed by atoms with E-state index in [-0.39, 0.29) is 18.0 Å². The number of anilines is 1. The van der Waals surface area contributed by atoms with E-state index in [9.17, 15) is 18.0 Å². The summed E-state index contributed by atoms with van der Waals surface area (Å²) in [5, 5.41) is 3.05. The number of methoxy groups -OCH3 is 1. The first-order valence-electron chi connectivity index (χ1n) is 9.77. The minimum atomic E-state index is -3.96. The zero-order valence-electron chi connectivity index (χ0n) is 17.7. The lowest BCUT2D eigenvalue weighted by atomic mass is 10.2. The molecule has 11 heteroatoms. The van der Waals surface area contributed by atoms with Crippen LogP contribution >= 0.6 is 11.6 Å². The Balaban J connectivity index is 1.73. The summed E-state index contributed by atoms with van der Waals surface area (Å²) in [5.41, 5.74) is 0.373. The van der Waals surface area contributed by atoms with Crippen LogP contribution in [0.4, 0.5) is 5.69 Å². The van der Waals surface area contributed by atoms with Crippen LogP contribution in [0.2, 0.25) is 5.02 Å². The van der Waals surface area contributed by atoms with Gasteiger partial charge in [0.2, 0.25) is 21.8 Å². The van der Waals surface area contributed by atoms with Crippen LogP contribution in [0.25, 0.3) is 0 Å². The zero-order valence-corrected chi connectivity index (χ0v) is 19.2. The molecule has 0 saturated heterocycles. The Labute approximate surface area is 196 Å². The van der Waals surface area contributed by atoms with E-state index in [4.69, 9.17) is 20.8 Å². The van der Waals surface area contributed by atoms with Crippen LogP contribution in [0.5, 0.6) is 5.75 Å². The fourth-order valence-corrected chi connectivity index (χ4v) is 3.95. The largest absolute Gasteiger partial charge is 0.497 e. The molecule has 2 N–H and O–H groups in total. The highest BCUT2D eigenvalue weighted by Crippen LogP contribution is 2.21. The maximum Gasteiger partial charge on any atom is 0.242 e. The highest BCUT2D eigenvalue weighted by molar-refractivity contribution is 7.89. The molecule has 9 nitrogen and oxygen atoms in total. The van der Waals surface area contributed by atoms with Gasteiger partial charge in [-0.05, 0) is 48.5 Å². The molecule has 0 aliphatic rings. The Morgan fingerprint density at radius 3 is 2.52 bits per heavy atom. The number of ether oxygens (including phenoxy) is 1. The summed E-state index contributed by atoms with van der Waals surface area (Å²) >= 11 is 5.80. The van der Waals surface area contributed by atoms with Crippen LogP contribution in [-0.2, 0) is 26.2 Å². The van der Waals surface area contributed by atoms with Gasteiger partial charge in [0, 0.05) is 16.8 Å². The Hall–Kier alpha value is -3.34. The Morgan fingerprint density at radius 1 is 1.09 bits per heavy atom. The first-order chi connectivity index (χ1) is 15.8. The molecule has 0 aliphatic carbocycles. The predicted molar refractivity (Wildman–Crippen MR) is 123 cm³/mol. The third-order valence-electron chi connectivity index (χ3n) is 4.55. The lowest BCUT2D eigenvalue weighted by molar-refractivity contribution is -0.123. The monoisotopic (exact) mass is 491 g/mol. The average Bonchev–Trinajstić information content (AvgIpc) is 3.34. The fourth-order valence-electron chi connectivity index (χ4n) is 2.85. The minimum Gasteiger partial charge on any atom is -0.497 e. The van der Waals surface area contributed by atoms with Gasteiger partial charge in [0.1, 0.15) is 18.1 Å². The fraction of sp³-hybridized carbons (Fsp3) is 0.182. The number of hydrogen-bond acceptors (Lipinski definition) is 6. The maximum absolute atomic E-state index is 13.0. The number of nitrogens with one attached hydrogen (secondary N) is 2. The Morgan fingerprint density at radius 2 is 1.85 bits per heavy atom. The third-order valence-corrected chi connectivity index (χ3v) is 6.21. The van der Waals surface area contributed by atoms with Crippen LogP contribution in [-0.4, -0.2) is 40.4 Å². The molecule has 33 heavy (non-hydrogen) atoms. The number of amides is 2. The number of benzene rings is 2. The molecule has 2 amide bonds. The SMILES string of the molecule is COc1cccc(N(CC(=O)NCc2ccco2)C(=O)CNS(=O)(=O)c2ccc(Cl)cc2)c1. The van der Waals surface area contributed by atoms with Gasteiger partial charge in [0.05, 0.1) is 31.4 Å². The van der Waals surface area contributed by atoms with Crippen LogP contribution in [0.15, 0.2) is 76.2 Å². The first kappa shape index (κ1) is 24.3. The molecule has 0 atom stereocenters. The molecule has 0 spiro atoms. The number of halogens is 1. The molecule has 2 aromatic carbocycles. The number of carbonyl (C=O) groups is 2. The summed E-state index contributed by atoms with van der Waals surface area (Å²) in [6.07, 6.45) is 1.49. The molecule has 3 rings (SSSR count). The van der Waals surface area contributed by atoms with Crippen LogP contribution < -0.4 is 19.7 Å². The highest BCUT2D eigenvalue weighted by Gasteiger charge is 2.23. The number of nitrogens with zero attached hydrogens (tertiary/aromatic N) is 1. The van der Waals surface area contributed by atoms with E-state index in [0.29, 0.717) is 22.2 Å².